The van der Waals surface area contributed by atoms with Crippen molar-refractivity contribution in [3.63, 3.8) is 0 Å². The van der Waals surface area contributed by atoms with E-state index in [1.54, 1.807) is 24.3 Å². The summed E-state index contributed by atoms with van der Waals surface area (Å²) in [7, 11) is -1.80. The number of halogens is 1. The molecule has 2 aromatic carbocycles. The molecule has 1 fully saturated rings. The van der Waals surface area contributed by atoms with Crippen molar-refractivity contribution < 1.29 is 17.5 Å². The van der Waals surface area contributed by atoms with E-state index in [2.05, 4.69) is 32.5 Å². The molecule has 186 valence electrons. The minimum Gasteiger partial charge on any atom is -0.490 e. The molecule has 0 spiro atoms. The van der Waals surface area contributed by atoms with Gasteiger partial charge in [0.1, 0.15) is 11.9 Å². The number of nitrogens with zero attached hydrogens (tertiary/aromatic N) is 3. The zero-order valence-electron chi connectivity index (χ0n) is 19.7. The van der Waals surface area contributed by atoms with Crippen LogP contribution in [0.2, 0.25) is 0 Å². The Hall–Kier alpha value is -3.28. The molecule has 0 bridgehead atoms. The summed E-state index contributed by atoms with van der Waals surface area (Å²) in [4.78, 5) is 10.5. The molecule has 4 N–H and O–H groups in total. The van der Waals surface area contributed by atoms with Crippen LogP contribution in [0.3, 0.4) is 0 Å². The van der Waals surface area contributed by atoms with Crippen molar-refractivity contribution in [1.82, 2.24) is 14.9 Å². The maximum absolute atomic E-state index is 14.5. The van der Waals surface area contributed by atoms with Crippen molar-refractivity contribution in [2.24, 2.45) is 5.14 Å². The Balaban J connectivity index is 1.50. The first-order valence-corrected chi connectivity index (χ1v) is 12.9. The summed E-state index contributed by atoms with van der Waals surface area (Å²) < 4.78 is 44.5. The predicted molar refractivity (Wildman–Crippen MR) is 133 cm³/mol. The molecule has 35 heavy (non-hydrogen) atoms. The SMILES string of the molecule is CCc1ccc(Nc2ncc(F)c(Nc3cccc(OC4CCN(C)CC4)c3)n2)cc1S(N)(=O)=O. The molecule has 1 aliphatic heterocycles. The number of nitrogens with two attached hydrogens (primary N) is 1. The normalized spacial score (nSPS) is 15.1. The van der Waals surface area contributed by atoms with Gasteiger partial charge in [-0.25, -0.2) is 22.9 Å². The highest BCUT2D eigenvalue weighted by molar-refractivity contribution is 7.89. The van der Waals surface area contributed by atoms with E-state index in [1.165, 1.54) is 6.07 Å². The molecular formula is C24H29FN6O3S. The number of nitrogens with one attached hydrogen (secondary N) is 2. The Bertz CT molecular complexity index is 1300. The second-order valence-corrected chi connectivity index (χ2v) is 10.0. The van der Waals surface area contributed by atoms with Crippen LogP contribution in [0.1, 0.15) is 25.3 Å². The van der Waals surface area contributed by atoms with Gasteiger partial charge >= 0.3 is 0 Å². The molecule has 4 rings (SSSR count). The molecular weight excluding hydrogens is 471 g/mol. The molecule has 1 saturated heterocycles. The van der Waals surface area contributed by atoms with Gasteiger partial charge in [0, 0.05) is 30.5 Å². The van der Waals surface area contributed by atoms with Gasteiger partial charge in [0.25, 0.3) is 0 Å². The lowest BCUT2D eigenvalue weighted by Gasteiger charge is -2.29. The van der Waals surface area contributed by atoms with Gasteiger partial charge < -0.3 is 20.3 Å². The van der Waals surface area contributed by atoms with Crippen LogP contribution in [0.4, 0.5) is 27.5 Å². The van der Waals surface area contributed by atoms with Crippen LogP contribution in [-0.2, 0) is 16.4 Å². The van der Waals surface area contributed by atoms with Crippen molar-refractivity contribution in [2.75, 3.05) is 30.8 Å². The third-order valence-corrected chi connectivity index (χ3v) is 6.81. The van der Waals surface area contributed by atoms with Gasteiger partial charge in [-0.3, -0.25) is 0 Å². The third-order valence-electron chi connectivity index (χ3n) is 5.82. The van der Waals surface area contributed by atoms with Crippen LogP contribution in [0.25, 0.3) is 0 Å². The minimum atomic E-state index is -3.90. The van der Waals surface area contributed by atoms with Crippen molar-refractivity contribution in [2.45, 2.75) is 37.2 Å². The molecule has 0 amide bonds. The van der Waals surface area contributed by atoms with E-state index in [1.807, 2.05) is 19.1 Å². The monoisotopic (exact) mass is 500 g/mol. The van der Waals surface area contributed by atoms with Gasteiger partial charge in [-0.15, -0.1) is 0 Å². The number of anilines is 4. The highest BCUT2D eigenvalue weighted by Gasteiger charge is 2.18. The average Bonchev–Trinajstić information content (AvgIpc) is 2.82. The number of sulfonamides is 1. The lowest BCUT2D eigenvalue weighted by molar-refractivity contribution is 0.114. The van der Waals surface area contributed by atoms with Gasteiger partial charge in [0.05, 0.1) is 11.1 Å². The first-order chi connectivity index (χ1) is 16.7. The van der Waals surface area contributed by atoms with Crippen LogP contribution in [0, 0.1) is 5.82 Å². The number of ether oxygens (including phenoxy) is 1. The van der Waals surface area contributed by atoms with Gasteiger partial charge in [0.2, 0.25) is 16.0 Å². The molecule has 0 radical (unpaired) electrons. The predicted octanol–water partition coefficient (Wildman–Crippen LogP) is 3.79. The number of aromatic nitrogens is 2. The smallest absolute Gasteiger partial charge is 0.238 e. The number of piperidine rings is 1. The third kappa shape index (κ3) is 6.44. The largest absolute Gasteiger partial charge is 0.490 e. The molecule has 2 heterocycles. The standard InChI is InChI=1S/C24H29FN6O3S/c1-3-16-7-8-18(14-22(16)35(26,32)33)29-24-27-15-21(25)23(30-24)28-17-5-4-6-20(13-17)34-19-9-11-31(2)12-10-19/h4-8,13-15,19H,3,9-12H2,1-2H3,(H2,26,32,33)(H2,27,28,29,30). The number of rotatable bonds is 8. The summed E-state index contributed by atoms with van der Waals surface area (Å²) in [5.74, 6) is 0.126. The Labute approximate surface area is 204 Å². The van der Waals surface area contributed by atoms with Gasteiger partial charge in [-0.2, -0.15) is 4.98 Å². The molecule has 1 aliphatic rings. The zero-order valence-corrected chi connectivity index (χ0v) is 20.5. The first kappa shape index (κ1) is 24.8. The van der Waals surface area contributed by atoms with E-state index in [0.717, 1.165) is 32.1 Å². The Kier molecular flexibility index (Phi) is 7.48. The fourth-order valence-electron chi connectivity index (χ4n) is 3.91. The fourth-order valence-corrected chi connectivity index (χ4v) is 4.78. The topological polar surface area (TPSA) is 122 Å². The summed E-state index contributed by atoms with van der Waals surface area (Å²) in [6.45, 7) is 3.82. The van der Waals surface area contributed by atoms with E-state index in [9.17, 15) is 12.8 Å². The molecule has 0 aliphatic carbocycles. The highest BCUT2D eigenvalue weighted by Crippen LogP contribution is 2.26. The number of hydrogen-bond acceptors (Lipinski definition) is 8. The molecule has 0 unspecified atom stereocenters. The van der Waals surface area contributed by atoms with Crippen molar-refractivity contribution in [3.05, 3.63) is 60.0 Å². The Morgan fingerprint density at radius 1 is 1.14 bits per heavy atom. The molecule has 9 nitrogen and oxygen atoms in total. The molecule has 1 aromatic heterocycles. The number of primary sulfonamides is 1. The summed E-state index contributed by atoms with van der Waals surface area (Å²) >= 11 is 0. The van der Waals surface area contributed by atoms with Crippen molar-refractivity contribution in [3.8, 4) is 5.75 Å². The summed E-state index contributed by atoms with van der Waals surface area (Å²) in [6, 6.07) is 12.1. The van der Waals surface area contributed by atoms with Crippen LogP contribution >= 0.6 is 0 Å². The molecule has 0 saturated carbocycles. The van der Waals surface area contributed by atoms with E-state index < -0.39 is 15.8 Å². The summed E-state index contributed by atoms with van der Waals surface area (Å²) in [6.07, 6.45) is 3.60. The second-order valence-electron chi connectivity index (χ2n) is 8.51. The number of benzene rings is 2. The Morgan fingerprint density at radius 3 is 2.60 bits per heavy atom. The lowest BCUT2D eigenvalue weighted by Crippen LogP contribution is -2.35. The Morgan fingerprint density at radius 2 is 1.89 bits per heavy atom. The average molecular weight is 501 g/mol. The number of likely N-dealkylation sites (tertiary alicyclic amines) is 1. The quantitative estimate of drug-likeness (QED) is 0.427. The molecule has 3 aromatic rings. The maximum Gasteiger partial charge on any atom is 0.238 e. The van der Waals surface area contributed by atoms with Crippen LogP contribution < -0.4 is 20.5 Å². The molecule has 11 heteroatoms. The van der Waals surface area contributed by atoms with Crippen LogP contribution in [-0.4, -0.2) is 49.5 Å². The zero-order chi connectivity index (χ0) is 25.0. The van der Waals surface area contributed by atoms with Crippen molar-refractivity contribution >= 4 is 33.2 Å². The van der Waals surface area contributed by atoms with E-state index in [-0.39, 0.29) is 22.8 Å². The first-order valence-electron chi connectivity index (χ1n) is 11.4. The molecule has 0 atom stereocenters. The lowest BCUT2D eigenvalue weighted by atomic mass is 10.1. The van der Waals surface area contributed by atoms with E-state index >= 15 is 0 Å². The summed E-state index contributed by atoms with van der Waals surface area (Å²) in [5.41, 5.74) is 1.63. The minimum absolute atomic E-state index is 0.0203. The fraction of sp³-hybridized carbons (Fsp3) is 0.333. The van der Waals surface area contributed by atoms with Gasteiger partial charge in [-0.1, -0.05) is 19.1 Å². The second kappa shape index (κ2) is 10.5. The van der Waals surface area contributed by atoms with Crippen molar-refractivity contribution in [1.29, 1.82) is 0 Å². The highest BCUT2D eigenvalue weighted by atomic mass is 32.2. The maximum atomic E-state index is 14.5. The van der Waals surface area contributed by atoms with E-state index in [0.29, 0.717) is 29.1 Å². The van der Waals surface area contributed by atoms with Crippen LogP contribution in [0.15, 0.2) is 53.6 Å². The van der Waals surface area contributed by atoms with Crippen LogP contribution in [0.5, 0.6) is 5.75 Å². The van der Waals surface area contributed by atoms with E-state index in [4.69, 9.17) is 9.88 Å². The summed E-state index contributed by atoms with van der Waals surface area (Å²) in [5, 5.41) is 11.2. The number of hydrogen-bond donors (Lipinski definition) is 3. The van der Waals surface area contributed by atoms with Gasteiger partial charge in [-0.05, 0) is 56.1 Å². The van der Waals surface area contributed by atoms with Gasteiger partial charge in [0.15, 0.2) is 11.6 Å². The number of aryl methyl sites for hydroxylation is 1.